The fourth-order valence-electron chi connectivity index (χ4n) is 2.12. The number of hydrogen-bond acceptors (Lipinski definition) is 3. The number of benzene rings is 1. The van der Waals surface area contributed by atoms with Crippen molar-refractivity contribution in [1.29, 1.82) is 0 Å². The van der Waals surface area contributed by atoms with E-state index in [1.807, 2.05) is 24.3 Å². The van der Waals surface area contributed by atoms with Crippen molar-refractivity contribution in [3.8, 4) is 5.75 Å². The first-order valence-corrected chi connectivity index (χ1v) is 7.29. The van der Waals surface area contributed by atoms with Gasteiger partial charge in [-0.2, -0.15) is 0 Å². The summed E-state index contributed by atoms with van der Waals surface area (Å²) in [6.07, 6.45) is 1.38. The van der Waals surface area contributed by atoms with Crippen molar-refractivity contribution < 1.29 is 9.47 Å². The zero-order valence-corrected chi connectivity index (χ0v) is 12.4. The average molecular weight is 314 g/mol. The predicted octanol–water partition coefficient (Wildman–Crippen LogP) is 2.94. The van der Waals surface area contributed by atoms with Gasteiger partial charge in [0.2, 0.25) is 0 Å². The Balaban J connectivity index is 1.77. The molecule has 4 heteroatoms. The lowest BCUT2D eigenvalue weighted by Gasteiger charge is -2.32. The molecule has 0 aliphatic carbocycles. The first kappa shape index (κ1) is 13.8. The lowest BCUT2D eigenvalue weighted by molar-refractivity contribution is -0.0477. The number of halogens is 1. The van der Waals surface area contributed by atoms with Crippen LogP contribution < -0.4 is 4.74 Å². The van der Waals surface area contributed by atoms with E-state index in [1.54, 1.807) is 0 Å². The van der Waals surface area contributed by atoms with E-state index in [1.165, 1.54) is 6.42 Å². The van der Waals surface area contributed by atoms with Crippen molar-refractivity contribution in [1.82, 2.24) is 4.90 Å². The van der Waals surface area contributed by atoms with Gasteiger partial charge in [0.05, 0.1) is 6.61 Å². The highest BCUT2D eigenvalue weighted by Crippen LogP contribution is 2.17. The molecule has 0 N–H and O–H groups in total. The van der Waals surface area contributed by atoms with Crippen molar-refractivity contribution in [3.63, 3.8) is 0 Å². The Bertz CT molecular complexity index is 353. The molecular formula is C14H20BrNO2. The zero-order chi connectivity index (χ0) is 12.8. The summed E-state index contributed by atoms with van der Waals surface area (Å²) in [5.41, 5.74) is 0. The quantitative estimate of drug-likeness (QED) is 0.834. The number of ether oxygens (including phenoxy) is 2. The first-order chi connectivity index (χ1) is 8.78. The van der Waals surface area contributed by atoms with Gasteiger partial charge in [0, 0.05) is 17.6 Å². The van der Waals surface area contributed by atoms with Crippen molar-refractivity contribution in [3.05, 3.63) is 28.7 Å². The number of morpholine rings is 1. The van der Waals surface area contributed by atoms with Crippen LogP contribution in [-0.4, -0.2) is 43.9 Å². The molecule has 1 aliphatic rings. The molecule has 0 unspecified atom stereocenters. The standard InChI is InChI=1S/C14H20BrNO2/c1-2-7-16-8-9-17-14(10-16)11-18-13-5-3-12(15)4-6-13/h3-6,14H,2,7-11H2,1H3/t14-/m1/s1. The molecule has 1 atom stereocenters. The Morgan fingerprint density at radius 1 is 1.39 bits per heavy atom. The van der Waals surface area contributed by atoms with Gasteiger partial charge < -0.3 is 9.47 Å². The molecule has 1 heterocycles. The van der Waals surface area contributed by atoms with Gasteiger partial charge in [-0.1, -0.05) is 22.9 Å². The molecule has 0 aromatic heterocycles. The molecule has 0 saturated carbocycles. The minimum atomic E-state index is 0.189. The third-order valence-corrected chi connectivity index (χ3v) is 3.54. The predicted molar refractivity (Wildman–Crippen MR) is 76.1 cm³/mol. The molecule has 1 aliphatic heterocycles. The monoisotopic (exact) mass is 313 g/mol. The van der Waals surface area contributed by atoms with Crippen molar-refractivity contribution in [2.45, 2.75) is 19.4 Å². The van der Waals surface area contributed by atoms with Gasteiger partial charge in [-0.3, -0.25) is 4.90 Å². The van der Waals surface area contributed by atoms with Crippen LogP contribution in [0.15, 0.2) is 28.7 Å². The second kappa shape index (κ2) is 7.12. The molecule has 1 aromatic carbocycles. The van der Waals surface area contributed by atoms with Crippen molar-refractivity contribution in [2.75, 3.05) is 32.8 Å². The number of nitrogens with zero attached hydrogens (tertiary/aromatic N) is 1. The lowest BCUT2D eigenvalue weighted by Crippen LogP contribution is -2.45. The topological polar surface area (TPSA) is 21.7 Å². The molecular weight excluding hydrogens is 294 g/mol. The molecule has 1 fully saturated rings. The molecule has 0 bridgehead atoms. The van der Waals surface area contributed by atoms with Gasteiger partial charge in [0.15, 0.2) is 0 Å². The van der Waals surface area contributed by atoms with Crippen LogP contribution in [-0.2, 0) is 4.74 Å². The molecule has 0 radical (unpaired) electrons. The maximum atomic E-state index is 5.75. The van der Waals surface area contributed by atoms with Gasteiger partial charge in [0.25, 0.3) is 0 Å². The van der Waals surface area contributed by atoms with E-state index < -0.39 is 0 Å². The van der Waals surface area contributed by atoms with Crippen LogP contribution in [0.3, 0.4) is 0 Å². The van der Waals surface area contributed by atoms with Gasteiger partial charge >= 0.3 is 0 Å². The Morgan fingerprint density at radius 2 is 2.17 bits per heavy atom. The van der Waals surface area contributed by atoms with Crippen LogP contribution >= 0.6 is 15.9 Å². The Kier molecular flexibility index (Phi) is 5.47. The number of rotatable bonds is 5. The summed E-state index contributed by atoms with van der Waals surface area (Å²) in [7, 11) is 0. The normalized spacial score (nSPS) is 20.9. The Hall–Kier alpha value is -0.580. The summed E-state index contributed by atoms with van der Waals surface area (Å²) in [6, 6.07) is 7.91. The third-order valence-electron chi connectivity index (χ3n) is 3.01. The zero-order valence-electron chi connectivity index (χ0n) is 10.8. The van der Waals surface area contributed by atoms with E-state index in [0.29, 0.717) is 6.61 Å². The van der Waals surface area contributed by atoms with E-state index in [2.05, 4.69) is 27.8 Å². The second-order valence-electron chi connectivity index (χ2n) is 4.56. The van der Waals surface area contributed by atoms with Crippen LogP contribution in [0.4, 0.5) is 0 Å². The van der Waals surface area contributed by atoms with Crippen molar-refractivity contribution >= 4 is 15.9 Å². The minimum absolute atomic E-state index is 0.189. The van der Waals surface area contributed by atoms with E-state index in [0.717, 1.165) is 36.5 Å². The number of hydrogen-bond donors (Lipinski definition) is 0. The van der Waals surface area contributed by atoms with Gasteiger partial charge in [0.1, 0.15) is 18.5 Å². The summed E-state index contributed by atoms with van der Waals surface area (Å²) >= 11 is 3.41. The fourth-order valence-corrected chi connectivity index (χ4v) is 2.38. The summed E-state index contributed by atoms with van der Waals surface area (Å²) in [6.45, 7) is 6.82. The maximum absolute atomic E-state index is 5.75. The molecule has 0 spiro atoms. The summed E-state index contributed by atoms with van der Waals surface area (Å²) in [4.78, 5) is 2.44. The maximum Gasteiger partial charge on any atom is 0.119 e. The molecule has 2 rings (SSSR count). The van der Waals surface area contributed by atoms with Crippen LogP contribution in [0.2, 0.25) is 0 Å². The lowest BCUT2D eigenvalue weighted by atomic mass is 10.2. The third kappa shape index (κ3) is 4.26. The van der Waals surface area contributed by atoms with Crippen molar-refractivity contribution in [2.24, 2.45) is 0 Å². The highest BCUT2D eigenvalue weighted by Gasteiger charge is 2.20. The fraction of sp³-hybridized carbons (Fsp3) is 0.571. The molecule has 100 valence electrons. The van der Waals surface area contributed by atoms with E-state index in [-0.39, 0.29) is 6.10 Å². The average Bonchev–Trinajstić information content (AvgIpc) is 2.39. The largest absolute Gasteiger partial charge is 0.491 e. The summed E-state index contributed by atoms with van der Waals surface area (Å²) in [5, 5.41) is 0. The van der Waals surface area contributed by atoms with E-state index in [9.17, 15) is 0 Å². The first-order valence-electron chi connectivity index (χ1n) is 6.50. The summed E-state index contributed by atoms with van der Waals surface area (Å²) in [5.74, 6) is 0.898. The Morgan fingerprint density at radius 3 is 2.89 bits per heavy atom. The van der Waals surface area contributed by atoms with Crippen LogP contribution in [0.5, 0.6) is 5.75 Å². The molecule has 18 heavy (non-hydrogen) atoms. The van der Waals surface area contributed by atoms with E-state index in [4.69, 9.17) is 9.47 Å². The highest BCUT2D eigenvalue weighted by atomic mass is 79.9. The van der Waals surface area contributed by atoms with E-state index >= 15 is 0 Å². The SMILES string of the molecule is CCCN1CCO[C@@H](COc2ccc(Br)cc2)C1. The Labute approximate surface area is 117 Å². The van der Waals surface area contributed by atoms with Crippen LogP contribution in [0.25, 0.3) is 0 Å². The molecule has 0 amide bonds. The van der Waals surface area contributed by atoms with Crippen LogP contribution in [0.1, 0.15) is 13.3 Å². The van der Waals surface area contributed by atoms with Gasteiger partial charge in [-0.15, -0.1) is 0 Å². The molecule has 1 aromatic rings. The van der Waals surface area contributed by atoms with Gasteiger partial charge in [-0.05, 0) is 37.2 Å². The minimum Gasteiger partial charge on any atom is -0.491 e. The van der Waals surface area contributed by atoms with Gasteiger partial charge in [-0.25, -0.2) is 0 Å². The van der Waals surface area contributed by atoms with Crippen LogP contribution in [0, 0.1) is 0 Å². The second-order valence-corrected chi connectivity index (χ2v) is 5.47. The highest BCUT2D eigenvalue weighted by molar-refractivity contribution is 9.10. The molecule has 1 saturated heterocycles. The molecule has 3 nitrogen and oxygen atoms in total. The smallest absolute Gasteiger partial charge is 0.119 e. The summed E-state index contributed by atoms with van der Waals surface area (Å²) < 4.78 is 12.5.